The van der Waals surface area contributed by atoms with Crippen LogP contribution in [0.25, 0.3) is 0 Å². The fourth-order valence-corrected chi connectivity index (χ4v) is 3.48. The number of urea groups is 1. The number of hydrogen-bond acceptors (Lipinski definition) is 2. The van der Waals surface area contributed by atoms with Crippen LogP contribution in [0.4, 0.5) is 10.5 Å². The van der Waals surface area contributed by atoms with Gasteiger partial charge in [-0.25, -0.2) is 4.79 Å². The van der Waals surface area contributed by atoms with Gasteiger partial charge in [-0.2, -0.15) is 0 Å². The fourth-order valence-electron chi connectivity index (χ4n) is 3.48. The molecule has 2 aromatic carbocycles. The van der Waals surface area contributed by atoms with Crippen molar-refractivity contribution in [3.63, 3.8) is 0 Å². The molecular formula is C21H25N3O2. The van der Waals surface area contributed by atoms with Crippen LogP contribution in [-0.2, 0) is 0 Å². The van der Waals surface area contributed by atoms with Gasteiger partial charge in [0.05, 0.1) is 6.04 Å². The molecule has 5 nitrogen and oxygen atoms in total. The summed E-state index contributed by atoms with van der Waals surface area (Å²) in [7, 11) is 3.43. The van der Waals surface area contributed by atoms with E-state index in [9.17, 15) is 9.59 Å². The van der Waals surface area contributed by atoms with E-state index < -0.39 is 0 Å². The van der Waals surface area contributed by atoms with E-state index >= 15 is 0 Å². The number of nitrogens with one attached hydrogen (secondary N) is 1. The van der Waals surface area contributed by atoms with E-state index in [4.69, 9.17) is 0 Å². The molecule has 3 rings (SSSR count). The third-order valence-electron chi connectivity index (χ3n) is 4.83. The predicted octanol–water partition coefficient (Wildman–Crippen LogP) is 4.07. The first-order valence-electron chi connectivity index (χ1n) is 8.92. The molecule has 0 spiro atoms. The number of aryl methyl sites for hydroxylation is 1. The lowest BCUT2D eigenvalue weighted by atomic mass is 9.99. The van der Waals surface area contributed by atoms with E-state index in [2.05, 4.69) is 24.4 Å². The molecule has 1 fully saturated rings. The van der Waals surface area contributed by atoms with Crippen LogP contribution in [0.5, 0.6) is 0 Å². The van der Waals surface area contributed by atoms with Gasteiger partial charge in [0.1, 0.15) is 0 Å². The Labute approximate surface area is 154 Å². The first-order valence-corrected chi connectivity index (χ1v) is 8.92. The Morgan fingerprint density at radius 2 is 1.88 bits per heavy atom. The van der Waals surface area contributed by atoms with Crippen LogP contribution in [-0.4, -0.2) is 42.4 Å². The minimum atomic E-state index is -0.120. The summed E-state index contributed by atoms with van der Waals surface area (Å²) in [5, 5.41) is 2.95. The first kappa shape index (κ1) is 18.0. The van der Waals surface area contributed by atoms with Crippen LogP contribution in [0.15, 0.2) is 48.5 Å². The zero-order valence-electron chi connectivity index (χ0n) is 15.5. The second-order valence-corrected chi connectivity index (χ2v) is 6.92. The summed E-state index contributed by atoms with van der Waals surface area (Å²) >= 11 is 0. The minimum absolute atomic E-state index is 0.0833. The van der Waals surface area contributed by atoms with Crippen molar-refractivity contribution < 1.29 is 9.59 Å². The summed E-state index contributed by atoms with van der Waals surface area (Å²) in [5.74, 6) is -0.0833. The van der Waals surface area contributed by atoms with Crippen LogP contribution in [0.2, 0.25) is 0 Å². The van der Waals surface area contributed by atoms with Crippen molar-refractivity contribution in [1.82, 2.24) is 9.80 Å². The van der Waals surface area contributed by atoms with Crippen molar-refractivity contribution in [2.45, 2.75) is 25.8 Å². The number of carbonyl (C=O) groups excluding carboxylic acids is 2. The molecule has 0 aromatic heterocycles. The van der Waals surface area contributed by atoms with Gasteiger partial charge in [0, 0.05) is 31.9 Å². The lowest BCUT2D eigenvalue weighted by Crippen LogP contribution is -2.34. The maximum atomic E-state index is 12.8. The smallest absolute Gasteiger partial charge is 0.322 e. The van der Waals surface area contributed by atoms with E-state index in [1.807, 2.05) is 23.1 Å². The Hall–Kier alpha value is -2.82. The van der Waals surface area contributed by atoms with Gasteiger partial charge in [-0.3, -0.25) is 4.79 Å². The molecule has 26 heavy (non-hydrogen) atoms. The predicted molar refractivity (Wildman–Crippen MR) is 103 cm³/mol. The number of nitrogens with zero attached hydrogens (tertiary/aromatic N) is 2. The Bertz CT molecular complexity index is 816. The largest absolute Gasteiger partial charge is 0.345 e. The van der Waals surface area contributed by atoms with Gasteiger partial charge in [0.25, 0.3) is 5.91 Å². The molecule has 1 saturated heterocycles. The van der Waals surface area contributed by atoms with Crippen LogP contribution >= 0.6 is 0 Å². The summed E-state index contributed by atoms with van der Waals surface area (Å²) in [6.07, 6.45) is 1.96. The molecule has 1 atom stereocenters. The molecule has 0 saturated carbocycles. The van der Waals surface area contributed by atoms with Crippen LogP contribution < -0.4 is 5.32 Å². The second kappa shape index (κ2) is 7.60. The normalized spacial score (nSPS) is 16.4. The number of likely N-dealkylation sites (tertiary alicyclic amines) is 1. The molecule has 1 heterocycles. The number of carbonyl (C=O) groups is 2. The van der Waals surface area contributed by atoms with Crippen molar-refractivity contribution in [1.29, 1.82) is 0 Å². The molecule has 1 N–H and O–H groups in total. The minimum Gasteiger partial charge on any atom is -0.345 e. The highest BCUT2D eigenvalue weighted by Gasteiger charge is 2.30. The quantitative estimate of drug-likeness (QED) is 0.906. The van der Waals surface area contributed by atoms with Gasteiger partial charge in [-0.05, 0) is 49.1 Å². The van der Waals surface area contributed by atoms with Crippen LogP contribution in [0.1, 0.15) is 40.4 Å². The zero-order chi connectivity index (χ0) is 18.7. The van der Waals surface area contributed by atoms with E-state index in [0.717, 1.165) is 19.4 Å². The van der Waals surface area contributed by atoms with Gasteiger partial charge in [-0.15, -0.1) is 0 Å². The molecule has 1 unspecified atom stereocenters. The Balaban J connectivity index is 1.76. The Kier molecular flexibility index (Phi) is 5.26. The van der Waals surface area contributed by atoms with Crippen molar-refractivity contribution in [2.75, 3.05) is 26.0 Å². The van der Waals surface area contributed by atoms with Crippen molar-refractivity contribution in [2.24, 2.45) is 0 Å². The first-order chi connectivity index (χ1) is 12.5. The number of anilines is 1. The highest BCUT2D eigenvalue weighted by atomic mass is 16.2. The SMILES string of the molecule is Cc1ccccc1C1CCCN1C(=O)Nc1cccc(C(=O)N(C)C)c1. The summed E-state index contributed by atoms with van der Waals surface area (Å²) in [6, 6.07) is 15.3. The topological polar surface area (TPSA) is 52.7 Å². The van der Waals surface area contributed by atoms with Gasteiger partial charge in [0.15, 0.2) is 0 Å². The van der Waals surface area contributed by atoms with Crippen LogP contribution in [0, 0.1) is 6.92 Å². The average molecular weight is 351 g/mol. The Morgan fingerprint density at radius 1 is 1.12 bits per heavy atom. The summed E-state index contributed by atoms with van der Waals surface area (Å²) < 4.78 is 0. The van der Waals surface area contributed by atoms with E-state index in [-0.39, 0.29) is 18.0 Å². The van der Waals surface area contributed by atoms with Gasteiger partial charge < -0.3 is 15.1 Å². The standard InChI is InChI=1S/C21H25N3O2/c1-15-8-4-5-11-18(15)19-12-7-13-24(19)21(26)22-17-10-6-9-16(14-17)20(25)23(2)3/h4-6,8-11,14,19H,7,12-13H2,1-3H3,(H,22,26). The molecule has 136 valence electrons. The fraction of sp³-hybridized carbons (Fsp3) is 0.333. The number of benzene rings is 2. The number of rotatable bonds is 3. The lowest BCUT2D eigenvalue weighted by Gasteiger charge is -2.26. The zero-order valence-corrected chi connectivity index (χ0v) is 15.5. The Morgan fingerprint density at radius 3 is 2.62 bits per heavy atom. The van der Waals surface area contributed by atoms with Crippen LogP contribution in [0.3, 0.4) is 0 Å². The van der Waals surface area contributed by atoms with E-state index in [0.29, 0.717) is 11.3 Å². The van der Waals surface area contributed by atoms with Crippen molar-refractivity contribution in [3.8, 4) is 0 Å². The summed E-state index contributed by atoms with van der Waals surface area (Å²) in [4.78, 5) is 28.4. The maximum absolute atomic E-state index is 12.8. The molecule has 1 aliphatic heterocycles. The van der Waals surface area contributed by atoms with Crippen molar-refractivity contribution >= 4 is 17.6 Å². The molecule has 2 aromatic rings. The van der Waals surface area contributed by atoms with E-state index in [1.165, 1.54) is 16.0 Å². The van der Waals surface area contributed by atoms with Gasteiger partial charge >= 0.3 is 6.03 Å². The number of hydrogen-bond donors (Lipinski definition) is 1. The molecule has 0 bridgehead atoms. The average Bonchev–Trinajstić information content (AvgIpc) is 3.11. The third kappa shape index (κ3) is 3.72. The maximum Gasteiger partial charge on any atom is 0.322 e. The van der Waals surface area contributed by atoms with Gasteiger partial charge in [0.2, 0.25) is 0 Å². The molecule has 3 amide bonds. The lowest BCUT2D eigenvalue weighted by molar-refractivity contribution is 0.0827. The monoisotopic (exact) mass is 351 g/mol. The highest BCUT2D eigenvalue weighted by Crippen LogP contribution is 2.34. The molecule has 5 heteroatoms. The van der Waals surface area contributed by atoms with Crippen molar-refractivity contribution in [3.05, 3.63) is 65.2 Å². The summed E-state index contributed by atoms with van der Waals surface area (Å²) in [6.45, 7) is 2.82. The third-order valence-corrected chi connectivity index (χ3v) is 4.83. The summed E-state index contributed by atoms with van der Waals surface area (Å²) in [5.41, 5.74) is 3.61. The second-order valence-electron chi connectivity index (χ2n) is 6.92. The van der Waals surface area contributed by atoms with E-state index in [1.54, 1.807) is 32.3 Å². The molecular weight excluding hydrogens is 326 g/mol. The number of amides is 3. The van der Waals surface area contributed by atoms with Gasteiger partial charge in [-0.1, -0.05) is 30.3 Å². The highest BCUT2D eigenvalue weighted by molar-refractivity contribution is 5.96. The molecule has 0 radical (unpaired) electrons. The molecule has 0 aliphatic carbocycles. The molecule has 1 aliphatic rings.